The number of aryl methyl sites for hydroxylation is 1. The van der Waals surface area contributed by atoms with Crippen LogP contribution in [0, 0.1) is 6.92 Å². The summed E-state index contributed by atoms with van der Waals surface area (Å²) >= 11 is 0. The van der Waals surface area contributed by atoms with E-state index in [-0.39, 0.29) is 0 Å². The van der Waals surface area contributed by atoms with E-state index in [4.69, 9.17) is 0 Å². The molecular weight excluding hydrogens is 260 g/mol. The molecule has 21 heavy (non-hydrogen) atoms. The van der Waals surface area contributed by atoms with Crippen molar-refractivity contribution in [1.82, 2.24) is 14.5 Å². The number of hydrogen-bond donors (Lipinski definition) is 0. The van der Waals surface area contributed by atoms with Crippen LogP contribution in [-0.2, 0) is 0 Å². The summed E-state index contributed by atoms with van der Waals surface area (Å²) in [7, 11) is 0. The molecule has 2 aromatic rings. The SMILES string of the molecule is Cc1cnccc1N1CCC(c2nccn2C(C)C)CC1. The van der Waals surface area contributed by atoms with Crippen molar-refractivity contribution < 1.29 is 0 Å². The van der Waals surface area contributed by atoms with Crippen molar-refractivity contribution in [3.63, 3.8) is 0 Å². The second kappa shape index (κ2) is 5.88. The maximum Gasteiger partial charge on any atom is 0.112 e. The van der Waals surface area contributed by atoms with Gasteiger partial charge in [-0.1, -0.05) is 0 Å². The summed E-state index contributed by atoms with van der Waals surface area (Å²) in [4.78, 5) is 11.3. The van der Waals surface area contributed by atoms with Crippen molar-refractivity contribution in [1.29, 1.82) is 0 Å². The standard InChI is InChI=1S/C17H24N4/c1-13(2)21-11-8-19-17(21)15-5-9-20(10-6-15)16-4-7-18-12-14(16)3/h4,7-8,11-13,15H,5-6,9-10H2,1-3H3. The Morgan fingerprint density at radius 3 is 2.62 bits per heavy atom. The second-order valence-corrected chi connectivity index (χ2v) is 6.21. The van der Waals surface area contributed by atoms with Crippen LogP contribution in [-0.4, -0.2) is 27.6 Å². The zero-order chi connectivity index (χ0) is 14.8. The van der Waals surface area contributed by atoms with E-state index in [1.54, 1.807) is 0 Å². The molecule has 4 nitrogen and oxygen atoms in total. The highest BCUT2D eigenvalue weighted by Crippen LogP contribution is 2.31. The van der Waals surface area contributed by atoms with Gasteiger partial charge in [0, 0.05) is 55.5 Å². The highest BCUT2D eigenvalue weighted by molar-refractivity contribution is 5.51. The van der Waals surface area contributed by atoms with Crippen LogP contribution in [0.5, 0.6) is 0 Å². The van der Waals surface area contributed by atoms with Gasteiger partial charge in [-0.2, -0.15) is 0 Å². The van der Waals surface area contributed by atoms with Gasteiger partial charge in [0.05, 0.1) is 0 Å². The molecular formula is C17H24N4. The lowest BCUT2D eigenvalue weighted by Gasteiger charge is -2.34. The van der Waals surface area contributed by atoms with Crippen molar-refractivity contribution in [2.24, 2.45) is 0 Å². The third kappa shape index (κ3) is 2.80. The summed E-state index contributed by atoms with van der Waals surface area (Å²) in [6.07, 6.45) is 10.2. The van der Waals surface area contributed by atoms with Crippen LogP contribution in [0.1, 0.15) is 50.0 Å². The number of imidazole rings is 1. The zero-order valence-corrected chi connectivity index (χ0v) is 13.2. The van der Waals surface area contributed by atoms with E-state index in [2.05, 4.69) is 52.5 Å². The molecule has 1 aliphatic heterocycles. The predicted molar refractivity (Wildman–Crippen MR) is 85.8 cm³/mol. The molecule has 4 heteroatoms. The van der Waals surface area contributed by atoms with E-state index in [0.29, 0.717) is 12.0 Å². The summed E-state index contributed by atoms with van der Waals surface area (Å²) < 4.78 is 2.32. The molecule has 0 spiro atoms. The number of aromatic nitrogens is 3. The van der Waals surface area contributed by atoms with Crippen LogP contribution in [0.3, 0.4) is 0 Å². The molecule has 3 rings (SSSR count). The maximum absolute atomic E-state index is 4.61. The Morgan fingerprint density at radius 2 is 1.95 bits per heavy atom. The quantitative estimate of drug-likeness (QED) is 0.864. The first-order chi connectivity index (χ1) is 10.2. The summed E-state index contributed by atoms with van der Waals surface area (Å²) in [6.45, 7) is 8.78. The van der Waals surface area contributed by atoms with Gasteiger partial charge in [-0.15, -0.1) is 0 Å². The van der Waals surface area contributed by atoms with Gasteiger partial charge in [-0.25, -0.2) is 4.98 Å². The molecule has 0 aromatic carbocycles. The number of nitrogens with zero attached hydrogens (tertiary/aromatic N) is 4. The van der Waals surface area contributed by atoms with E-state index in [1.165, 1.54) is 29.9 Å². The summed E-state index contributed by atoms with van der Waals surface area (Å²) in [5, 5.41) is 0. The molecule has 0 aliphatic carbocycles. The summed E-state index contributed by atoms with van der Waals surface area (Å²) in [6, 6.07) is 2.62. The fourth-order valence-electron chi connectivity index (χ4n) is 3.28. The van der Waals surface area contributed by atoms with Crippen LogP contribution >= 0.6 is 0 Å². The molecule has 0 N–H and O–H groups in total. The van der Waals surface area contributed by atoms with E-state index < -0.39 is 0 Å². The Balaban J connectivity index is 1.71. The smallest absolute Gasteiger partial charge is 0.112 e. The Morgan fingerprint density at radius 1 is 1.19 bits per heavy atom. The minimum Gasteiger partial charge on any atom is -0.371 e. The number of rotatable bonds is 3. The molecule has 0 radical (unpaired) electrons. The molecule has 0 amide bonds. The van der Waals surface area contributed by atoms with E-state index in [0.717, 1.165) is 13.1 Å². The third-order valence-electron chi connectivity index (χ3n) is 4.45. The minimum absolute atomic E-state index is 0.489. The average molecular weight is 284 g/mol. The number of piperidine rings is 1. The first kappa shape index (κ1) is 14.1. The number of anilines is 1. The van der Waals surface area contributed by atoms with Crippen LogP contribution in [0.15, 0.2) is 30.9 Å². The van der Waals surface area contributed by atoms with Gasteiger partial charge in [0.25, 0.3) is 0 Å². The first-order valence-corrected chi connectivity index (χ1v) is 7.85. The molecule has 0 bridgehead atoms. The molecule has 1 fully saturated rings. The predicted octanol–water partition coefficient (Wildman–Crippen LogP) is 3.55. The second-order valence-electron chi connectivity index (χ2n) is 6.21. The molecule has 3 heterocycles. The van der Waals surface area contributed by atoms with E-state index in [1.807, 2.05) is 18.6 Å². The van der Waals surface area contributed by atoms with Gasteiger partial charge >= 0.3 is 0 Å². The summed E-state index contributed by atoms with van der Waals surface area (Å²) in [5.41, 5.74) is 2.59. The maximum atomic E-state index is 4.61. The molecule has 1 aliphatic rings. The highest BCUT2D eigenvalue weighted by atomic mass is 15.1. The van der Waals surface area contributed by atoms with E-state index in [9.17, 15) is 0 Å². The Labute approximate surface area is 126 Å². The Hall–Kier alpha value is -1.84. The lowest BCUT2D eigenvalue weighted by molar-refractivity contribution is 0.449. The summed E-state index contributed by atoms with van der Waals surface area (Å²) in [5.74, 6) is 1.84. The molecule has 0 saturated carbocycles. The zero-order valence-electron chi connectivity index (χ0n) is 13.2. The normalized spacial score (nSPS) is 16.7. The van der Waals surface area contributed by atoms with Crippen LogP contribution in [0.2, 0.25) is 0 Å². The van der Waals surface area contributed by atoms with E-state index >= 15 is 0 Å². The van der Waals surface area contributed by atoms with Gasteiger partial charge in [0.1, 0.15) is 5.82 Å². The van der Waals surface area contributed by atoms with Crippen molar-refractivity contribution in [3.8, 4) is 0 Å². The Kier molecular flexibility index (Phi) is 3.95. The lowest BCUT2D eigenvalue weighted by atomic mass is 9.95. The van der Waals surface area contributed by atoms with Crippen LogP contribution in [0.25, 0.3) is 0 Å². The minimum atomic E-state index is 0.489. The average Bonchev–Trinajstić information content (AvgIpc) is 2.98. The monoisotopic (exact) mass is 284 g/mol. The van der Waals surface area contributed by atoms with Crippen molar-refractivity contribution >= 4 is 5.69 Å². The fourth-order valence-corrected chi connectivity index (χ4v) is 3.28. The van der Waals surface area contributed by atoms with Crippen molar-refractivity contribution in [2.75, 3.05) is 18.0 Å². The number of hydrogen-bond acceptors (Lipinski definition) is 3. The third-order valence-corrected chi connectivity index (χ3v) is 4.45. The van der Waals surface area contributed by atoms with Crippen molar-refractivity contribution in [2.45, 2.75) is 45.6 Å². The molecule has 0 unspecified atom stereocenters. The molecule has 0 atom stereocenters. The Bertz CT molecular complexity index is 594. The largest absolute Gasteiger partial charge is 0.371 e. The van der Waals surface area contributed by atoms with Gasteiger partial charge in [0.15, 0.2) is 0 Å². The number of pyridine rings is 1. The van der Waals surface area contributed by atoms with Crippen LogP contribution in [0.4, 0.5) is 5.69 Å². The van der Waals surface area contributed by atoms with Gasteiger partial charge in [0.2, 0.25) is 0 Å². The van der Waals surface area contributed by atoms with Gasteiger partial charge in [-0.3, -0.25) is 4.98 Å². The van der Waals surface area contributed by atoms with Gasteiger partial charge < -0.3 is 9.47 Å². The first-order valence-electron chi connectivity index (χ1n) is 7.85. The molecule has 112 valence electrons. The van der Waals surface area contributed by atoms with Crippen molar-refractivity contribution in [3.05, 3.63) is 42.2 Å². The fraction of sp³-hybridized carbons (Fsp3) is 0.529. The lowest BCUT2D eigenvalue weighted by Crippen LogP contribution is -2.34. The highest BCUT2D eigenvalue weighted by Gasteiger charge is 2.25. The topological polar surface area (TPSA) is 34.0 Å². The van der Waals surface area contributed by atoms with Crippen LogP contribution < -0.4 is 4.90 Å². The molecule has 1 saturated heterocycles. The molecule has 2 aromatic heterocycles. The van der Waals surface area contributed by atoms with Gasteiger partial charge in [-0.05, 0) is 45.2 Å².